The van der Waals surface area contributed by atoms with E-state index in [2.05, 4.69) is 0 Å². The van der Waals surface area contributed by atoms with Crippen LogP contribution in [0.1, 0.15) is 38.7 Å². The smallest absolute Gasteiger partial charge is 0.418 e. The number of carbonyl (C=O) groups is 1. The van der Waals surface area contributed by atoms with Gasteiger partial charge in [0.1, 0.15) is 11.6 Å². The molecule has 1 unspecified atom stereocenters. The summed E-state index contributed by atoms with van der Waals surface area (Å²) in [5.74, 6) is -1.17. The summed E-state index contributed by atoms with van der Waals surface area (Å²) in [6, 6.07) is 3.65. The molecule has 3 N–H and O–H groups in total. The van der Waals surface area contributed by atoms with E-state index in [-0.39, 0.29) is 30.3 Å². The fourth-order valence-electron chi connectivity index (χ4n) is 4.03. The van der Waals surface area contributed by atoms with Crippen LogP contribution in [-0.4, -0.2) is 54.4 Å². The van der Waals surface area contributed by atoms with Crippen molar-refractivity contribution in [1.29, 1.82) is 0 Å². The molecule has 1 aromatic rings. The number of aliphatic hydroxyl groups is 1. The highest BCUT2D eigenvalue weighted by molar-refractivity contribution is 5.76. The van der Waals surface area contributed by atoms with E-state index in [1.165, 1.54) is 31.9 Å². The predicted molar refractivity (Wildman–Crippen MR) is 100.0 cm³/mol. The number of hydrogen-bond acceptors (Lipinski definition) is 4. The van der Waals surface area contributed by atoms with Crippen molar-refractivity contribution in [3.63, 3.8) is 0 Å². The zero-order chi connectivity index (χ0) is 22.0. The number of nitrogens with two attached hydrogens (primary N) is 1. The van der Waals surface area contributed by atoms with E-state index >= 15 is 0 Å². The van der Waals surface area contributed by atoms with Crippen molar-refractivity contribution >= 4 is 5.91 Å². The topological polar surface area (TPSA) is 75.8 Å². The predicted octanol–water partition coefficient (Wildman–Crippen LogP) is 2.99. The highest BCUT2D eigenvalue weighted by Crippen LogP contribution is 2.44. The fourth-order valence-corrected chi connectivity index (χ4v) is 4.03. The second-order valence-corrected chi connectivity index (χ2v) is 8.39. The Morgan fingerprint density at radius 1 is 1.28 bits per heavy atom. The van der Waals surface area contributed by atoms with Crippen molar-refractivity contribution in [2.24, 2.45) is 11.7 Å². The standard InChI is InChI=1S/C20H28F4N2O3/c1-18(2,15-10-14(21)4-5-16(15)29-3)11-19(28,20(22,23)24)12-26-8-6-13(7-9-26)17(25)27/h4-5,10,13,28H,6-9,11-12H2,1-3H3,(H2,25,27). The van der Waals surface area contributed by atoms with Crippen molar-refractivity contribution < 1.29 is 32.2 Å². The number of methoxy groups -OCH3 is 1. The lowest BCUT2D eigenvalue weighted by molar-refractivity contribution is -0.272. The molecule has 1 heterocycles. The number of carbonyl (C=O) groups excluding carboxylic acids is 1. The Balaban J connectivity index is 2.26. The van der Waals surface area contributed by atoms with Gasteiger partial charge in [-0.15, -0.1) is 0 Å². The lowest BCUT2D eigenvalue weighted by Gasteiger charge is -2.42. The largest absolute Gasteiger partial charge is 0.496 e. The van der Waals surface area contributed by atoms with Gasteiger partial charge in [0.05, 0.1) is 7.11 Å². The normalized spacial score (nSPS) is 19.0. The van der Waals surface area contributed by atoms with E-state index in [0.29, 0.717) is 12.8 Å². The average molecular weight is 420 g/mol. The summed E-state index contributed by atoms with van der Waals surface area (Å²) in [5.41, 5.74) is 1.26. The zero-order valence-corrected chi connectivity index (χ0v) is 16.9. The Hall–Kier alpha value is -1.87. The second-order valence-electron chi connectivity index (χ2n) is 8.39. The number of likely N-dealkylation sites (tertiary alicyclic amines) is 1. The SMILES string of the molecule is COc1ccc(F)cc1C(C)(C)CC(O)(CN1CCC(C(N)=O)CC1)C(F)(F)F. The van der Waals surface area contributed by atoms with Crippen molar-refractivity contribution in [1.82, 2.24) is 4.90 Å². The van der Waals surface area contributed by atoms with Gasteiger partial charge < -0.3 is 20.5 Å². The Labute approximate surface area is 167 Å². The Morgan fingerprint density at radius 2 is 1.86 bits per heavy atom. The number of amides is 1. The number of benzene rings is 1. The van der Waals surface area contributed by atoms with Crippen LogP contribution in [0, 0.1) is 11.7 Å². The maximum atomic E-state index is 13.9. The first kappa shape index (κ1) is 23.4. The zero-order valence-electron chi connectivity index (χ0n) is 16.9. The van der Waals surface area contributed by atoms with Gasteiger partial charge in [-0.3, -0.25) is 4.79 Å². The molecule has 1 aromatic carbocycles. The molecular weight excluding hydrogens is 392 g/mol. The maximum absolute atomic E-state index is 13.9. The number of ether oxygens (including phenoxy) is 1. The first-order chi connectivity index (χ1) is 13.3. The van der Waals surface area contributed by atoms with Crippen LogP contribution in [0.5, 0.6) is 5.75 Å². The van der Waals surface area contributed by atoms with E-state index in [1.54, 1.807) is 0 Å². The van der Waals surface area contributed by atoms with E-state index in [9.17, 15) is 27.5 Å². The molecule has 1 aliphatic rings. The minimum atomic E-state index is -4.90. The van der Waals surface area contributed by atoms with Crippen LogP contribution < -0.4 is 10.5 Å². The molecule has 1 atom stereocenters. The van der Waals surface area contributed by atoms with Gasteiger partial charge in [-0.2, -0.15) is 13.2 Å². The molecule has 5 nitrogen and oxygen atoms in total. The minimum Gasteiger partial charge on any atom is -0.496 e. The van der Waals surface area contributed by atoms with Gasteiger partial charge in [-0.05, 0) is 56.0 Å². The molecule has 0 aliphatic carbocycles. The molecule has 1 saturated heterocycles. The molecule has 0 radical (unpaired) electrons. The number of primary amides is 1. The Kier molecular flexibility index (Phi) is 6.84. The highest BCUT2D eigenvalue weighted by atomic mass is 19.4. The molecular formula is C20H28F4N2O3. The molecule has 9 heteroatoms. The van der Waals surface area contributed by atoms with E-state index in [0.717, 1.165) is 12.1 Å². The number of piperidine rings is 1. The van der Waals surface area contributed by atoms with Crippen LogP contribution in [0.4, 0.5) is 17.6 Å². The number of halogens is 4. The van der Waals surface area contributed by atoms with Crippen LogP contribution in [-0.2, 0) is 10.2 Å². The number of β-amino-alcohol motifs (C(OH)–C–C–N with tert-alkyl or cyclic N) is 1. The number of alkyl halides is 3. The monoisotopic (exact) mass is 420 g/mol. The second kappa shape index (κ2) is 8.47. The summed E-state index contributed by atoms with van der Waals surface area (Å²) in [5, 5.41) is 10.7. The van der Waals surface area contributed by atoms with Crippen molar-refractivity contribution in [3.05, 3.63) is 29.6 Å². The summed E-state index contributed by atoms with van der Waals surface area (Å²) in [7, 11) is 1.35. The molecule has 0 aromatic heterocycles. The summed E-state index contributed by atoms with van der Waals surface area (Å²) in [4.78, 5) is 12.8. The molecule has 2 rings (SSSR count). The van der Waals surface area contributed by atoms with Gasteiger partial charge in [0, 0.05) is 18.0 Å². The Morgan fingerprint density at radius 3 is 2.34 bits per heavy atom. The van der Waals surface area contributed by atoms with E-state index in [4.69, 9.17) is 10.5 Å². The first-order valence-electron chi connectivity index (χ1n) is 9.44. The lowest BCUT2D eigenvalue weighted by Crippen LogP contribution is -2.57. The summed E-state index contributed by atoms with van der Waals surface area (Å²) >= 11 is 0. The molecule has 29 heavy (non-hydrogen) atoms. The summed E-state index contributed by atoms with van der Waals surface area (Å²) in [6.45, 7) is 2.86. The third-order valence-electron chi connectivity index (χ3n) is 5.63. The summed E-state index contributed by atoms with van der Waals surface area (Å²) < 4.78 is 60.7. The average Bonchev–Trinajstić information content (AvgIpc) is 2.60. The molecule has 0 saturated carbocycles. The maximum Gasteiger partial charge on any atom is 0.418 e. The lowest BCUT2D eigenvalue weighted by atomic mass is 9.74. The molecule has 1 fully saturated rings. The van der Waals surface area contributed by atoms with Gasteiger partial charge in [-0.1, -0.05) is 13.8 Å². The quantitative estimate of drug-likeness (QED) is 0.665. The van der Waals surface area contributed by atoms with Crippen molar-refractivity contribution in [3.8, 4) is 5.75 Å². The number of hydrogen-bond donors (Lipinski definition) is 2. The van der Waals surface area contributed by atoms with E-state index < -0.39 is 41.9 Å². The summed E-state index contributed by atoms with van der Waals surface area (Å²) in [6.07, 6.45) is -4.88. The van der Waals surface area contributed by atoms with E-state index in [1.807, 2.05) is 0 Å². The molecule has 0 spiro atoms. The van der Waals surface area contributed by atoms with Crippen LogP contribution in [0.3, 0.4) is 0 Å². The van der Waals surface area contributed by atoms with Crippen molar-refractivity contribution in [2.45, 2.75) is 50.3 Å². The highest BCUT2D eigenvalue weighted by Gasteiger charge is 2.57. The first-order valence-corrected chi connectivity index (χ1v) is 9.44. The molecule has 0 bridgehead atoms. The van der Waals surface area contributed by atoms with Crippen LogP contribution in [0.2, 0.25) is 0 Å². The van der Waals surface area contributed by atoms with Crippen LogP contribution >= 0.6 is 0 Å². The van der Waals surface area contributed by atoms with Crippen LogP contribution in [0.15, 0.2) is 18.2 Å². The van der Waals surface area contributed by atoms with Crippen LogP contribution in [0.25, 0.3) is 0 Å². The number of rotatable bonds is 7. The van der Waals surface area contributed by atoms with Gasteiger partial charge in [-0.25, -0.2) is 4.39 Å². The van der Waals surface area contributed by atoms with Gasteiger partial charge in [0.25, 0.3) is 0 Å². The third kappa shape index (κ3) is 5.39. The molecule has 1 aliphatic heterocycles. The third-order valence-corrected chi connectivity index (χ3v) is 5.63. The fraction of sp³-hybridized carbons (Fsp3) is 0.650. The minimum absolute atomic E-state index is 0.232. The van der Waals surface area contributed by atoms with Gasteiger partial charge in [0.15, 0.2) is 5.60 Å². The molecule has 1 amide bonds. The van der Waals surface area contributed by atoms with Crippen molar-refractivity contribution in [2.75, 3.05) is 26.7 Å². The number of nitrogens with zero attached hydrogens (tertiary/aromatic N) is 1. The molecule has 164 valence electrons. The Bertz CT molecular complexity index is 731. The van der Waals surface area contributed by atoms with Gasteiger partial charge >= 0.3 is 6.18 Å². The van der Waals surface area contributed by atoms with Gasteiger partial charge in [0.2, 0.25) is 5.91 Å².